The minimum atomic E-state index is -0.310. The first-order valence-electron chi connectivity index (χ1n) is 6.31. The predicted octanol–water partition coefficient (Wildman–Crippen LogP) is 0.00250. The zero-order chi connectivity index (χ0) is 13.7. The van der Waals surface area contributed by atoms with Crippen LogP contribution < -0.4 is 20.7 Å². The van der Waals surface area contributed by atoms with Crippen LogP contribution in [0.4, 0.5) is 11.9 Å². The Kier molecular flexibility index (Phi) is 4.32. The van der Waals surface area contributed by atoms with E-state index in [2.05, 4.69) is 30.9 Å². The van der Waals surface area contributed by atoms with Crippen LogP contribution >= 0.6 is 0 Å². The number of carbonyl (C=O) groups is 1. The van der Waals surface area contributed by atoms with E-state index in [0.717, 1.165) is 19.4 Å². The van der Waals surface area contributed by atoms with Crippen molar-refractivity contribution in [3.05, 3.63) is 0 Å². The lowest BCUT2D eigenvalue weighted by Gasteiger charge is -2.22. The summed E-state index contributed by atoms with van der Waals surface area (Å²) in [5.41, 5.74) is 0. The highest BCUT2D eigenvalue weighted by molar-refractivity contribution is 5.84. The quantitative estimate of drug-likeness (QED) is 0.689. The highest BCUT2D eigenvalue weighted by atomic mass is 16.5. The largest absolute Gasteiger partial charge is 0.467 e. The summed E-state index contributed by atoms with van der Waals surface area (Å²) in [6.07, 6.45) is 1.70. The number of ether oxygens (including phenoxy) is 1. The number of hydrogen-bond acceptors (Lipinski definition) is 7. The fraction of sp³-hybridized carbons (Fsp3) is 0.636. The molecule has 3 N–H and O–H groups in total. The smallest absolute Gasteiger partial charge is 0.322 e. The van der Waals surface area contributed by atoms with Crippen molar-refractivity contribution in [3.8, 4) is 6.01 Å². The molecule has 1 fully saturated rings. The lowest BCUT2D eigenvalue weighted by atomic mass is 10.1. The van der Waals surface area contributed by atoms with Gasteiger partial charge in [0.2, 0.25) is 17.8 Å². The Bertz CT molecular complexity index is 453. The maximum Gasteiger partial charge on any atom is 0.322 e. The van der Waals surface area contributed by atoms with E-state index in [4.69, 9.17) is 4.74 Å². The van der Waals surface area contributed by atoms with Crippen molar-refractivity contribution in [3.63, 3.8) is 0 Å². The average Bonchev–Trinajstić information content (AvgIpc) is 2.41. The van der Waals surface area contributed by atoms with Crippen molar-refractivity contribution in [1.29, 1.82) is 0 Å². The second kappa shape index (κ2) is 6.17. The molecule has 1 aliphatic rings. The molecule has 0 aromatic carbocycles. The van der Waals surface area contributed by atoms with Crippen LogP contribution in [0.25, 0.3) is 0 Å². The normalized spacial score (nSPS) is 18.6. The van der Waals surface area contributed by atoms with E-state index in [1.54, 1.807) is 0 Å². The van der Waals surface area contributed by atoms with Crippen LogP contribution in [-0.4, -0.2) is 47.1 Å². The third-order valence-electron chi connectivity index (χ3n) is 2.72. The van der Waals surface area contributed by atoms with Crippen molar-refractivity contribution in [2.75, 3.05) is 30.8 Å². The Hall–Kier alpha value is -2.12. The third-order valence-corrected chi connectivity index (χ3v) is 2.72. The van der Waals surface area contributed by atoms with Gasteiger partial charge in [0.05, 0.1) is 7.11 Å². The summed E-state index contributed by atoms with van der Waals surface area (Å²) < 4.78 is 5.02. The molecule has 8 heteroatoms. The number of anilines is 2. The molecule has 1 unspecified atom stereocenters. The minimum Gasteiger partial charge on any atom is -0.467 e. The molecule has 1 aromatic rings. The predicted molar refractivity (Wildman–Crippen MR) is 70.2 cm³/mol. The topological polar surface area (TPSA) is 101 Å². The van der Waals surface area contributed by atoms with Crippen LogP contribution in [0.15, 0.2) is 0 Å². The molecule has 19 heavy (non-hydrogen) atoms. The number of rotatable bonds is 5. The fourth-order valence-electron chi connectivity index (χ4n) is 1.82. The summed E-state index contributed by atoms with van der Waals surface area (Å²) in [4.78, 5) is 24.0. The Morgan fingerprint density at radius 2 is 2.16 bits per heavy atom. The number of nitrogens with one attached hydrogen (secondary N) is 3. The Morgan fingerprint density at radius 1 is 1.37 bits per heavy atom. The Labute approximate surface area is 111 Å². The van der Waals surface area contributed by atoms with E-state index in [1.807, 2.05) is 6.92 Å². The van der Waals surface area contributed by atoms with E-state index in [0.29, 0.717) is 18.4 Å². The Balaban J connectivity index is 2.13. The highest BCUT2D eigenvalue weighted by Crippen LogP contribution is 2.14. The molecule has 8 nitrogen and oxygen atoms in total. The number of carbonyl (C=O) groups excluding carboxylic acids is 1. The lowest BCUT2D eigenvalue weighted by Crippen LogP contribution is -2.44. The second-order valence-electron chi connectivity index (χ2n) is 4.13. The molecule has 0 radical (unpaired) electrons. The summed E-state index contributed by atoms with van der Waals surface area (Å²) in [5, 5.41) is 8.80. The molecule has 2 heterocycles. The number of piperidine rings is 1. The SMILES string of the molecule is CCNc1nc(NC2CCCNC2=O)nc(OC)n1. The minimum absolute atomic E-state index is 0.0318. The first-order valence-corrected chi connectivity index (χ1v) is 6.31. The van der Waals surface area contributed by atoms with E-state index in [9.17, 15) is 4.79 Å². The first kappa shape index (κ1) is 13.3. The van der Waals surface area contributed by atoms with Gasteiger partial charge in [-0.25, -0.2) is 0 Å². The Morgan fingerprint density at radius 3 is 2.84 bits per heavy atom. The molecule has 0 bridgehead atoms. The van der Waals surface area contributed by atoms with Gasteiger partial charge in [0.15, 0.2) is 0 Å². The van der Waals surface area contributed by atoms with Gasteiger partial charge in [0, 0.05) is 13.1 Å². The summed E-state index contributed by atoms with van der Waals surface area (Å²) >= 11 is 0. The van der Waals surface area contributed by atoms with Crippen LogP contribution in [0.5, 0.6) is 6.01 Å². The number of aromatic nitrogens is 3. The van der Waals surface area contributed by atoms with Crippen molar-refractivity contribution in [2.24, 2.45) is 0 Å². The van der Waals surface area contributed by atoms with Gasteiger partial charge in [0.25, 0.3) is 0 Å². The maximum absolute atomic E-state index is 11.7. The first-order chi connectivity index (χ1) is 9.22. The molecule has 104 valence electrons. The van der Waals surface area contributed by atoms with Gasteiger partial charge >= 0.3 is 6.01 Å². The van der Waals surface area contributed by atoms with E-state index >= 15 is 0 Å². The zero-order valence-electron chi connectivity index (χ0n) is 11.1. The molecule has 1 aliphatic heterocycles. The molecule has 0 spiro atoms. The second-order valence-corrected chi connectivity index (χ2v) is 4.13. The van der Waals surface area contributed by atoms with E-state index in [-0.39, 0.29) is 18.0 Å². The zero-order valence-corrected chi connectivity index (χ0v) is 11.1. The molecule has 0 aliphatic carbocycles. The number of nitrogens with zero attached hydrogens (tertiary/aromatic N) is 3. The van der Waals surface area contributed by atoms with Gasteiger partial charge in [-0.2, -0.15) is 15.0 Å². The van der Waals surface area contributed by atoms with Crippen molar-refractivity contribution in [1.82, 2.24) is 20.3 Å². The van der Waals surface area contributed by atoms with Crippen molar-refractivity contribution >= 4 is 17.8 Å². The van der Waals surface area contributed by atoms with Crippen molar-refractivity contribution < 1.29 is 9.53 Å². The average molecular weight is 266 g/mol. The lowest BCUT2D eigenvalue weighted by molar-refractivity contribution is -0.123. The van der Waals surface area contributed by atoms with E-state index in [1.165, 1.54) is 7.11 Å². The van der Waals surface area contributed by atoms with E-state index < -0.39 is 0 Å². The van der Waals surface area contributed by atoms with Gasteiger partial charge in [-0.15, -0.1) is 0 Å². The van der Waals surface area contributed by atoms with Crippen molar-refractivity contribution in [2.45, 2.75) is 25.8 Å². The van der Waals surface area contributed by atoms with Crippen LogP contribution in [0.2, 0.25) is 0 Å². The molecule has 1 amide bonds. The molecule has 1 atom stereocenters. The third kappa shape index (κ3) is 3.43. The number of hydrogen-bond donors (Lipinski definition) is 3. The molecule has 1 aromatic heterocycles. The molecule has 2 rings (SSSR count). The van der Waals surface area contributed by atoms with Crippen LogP contribution in [0.1, 0.15) is 19.8 Å². The van der Waals surface area contributed by atoms with Crippen LogP contribution in [0.3, 0.4) is 0 Å². The molecule has 1 saturated heterocycles. The molecular formula is C11H18N6O2. The molecule has 0 saturated carbocycles. The summed E-state index contributed by atoms with van der Waals surface area (Å²) in [6, 6.07) is -0.0972. The molecular weight excluding hydrogens is 248 g/mol. The summed E-state index contributed by atoms with van der Waals surface area (Å²) in [6.45, 7) is 3.36. The standard InChI is InChI=1S/C11H18N6O2/c1-3-12-9-15-10(17-11(16-9)19-2)14-7-5-4-6-13-8(7)18/h7H,3-6H2,1-2H3,(H,13,18)(H2,12,14,15,16,17). The highest BCUT2D eigenvalue weighted by Gasteiger charge is 2.23. The van der Waals surface area contributed by atoms with Crippen LogP contribution in [-0.2, 0) is 4.79 Å². The van der Waals surface area contributed by atoms with Gasteiger partial charge in [0.1, 0.15) is 6.04 Å². The van der Waals surface area contributed by atoms with Gasteiger partial charge in [-0.1, -0.05) is 0 Å². The number of amides is 1. The van der Waals surface area contributed by atoms with Crippen LogP contribution in [0, 0.1) is 0 Å². The maximum atomic E-state index is 11.7. The fourth-order valence-corrected chi connectivity index (χ4v) is 1.82. The summed E-state index contributed by atoms with van der Waals surface area (Å²) in [5.74, 6) is 0.730. The van der Waals surface area contributed by atoms with Gasteiger partial charge < -0.3 is 20.7 Å². The van der Waals surface area contributed by atoms with Gasteiger partial charge in [-0.3, -0.25) is 4.79 Å². The monoisotopic (exact) mass is 266 g/mol. The number of methoxy groups -OCH3 is 1. The summed E-state index contributed by atoms with van der Waals surface area (Å²) in [7, 11) is 1.49. The van der Waals surface area contributed by atoms with Gasteiger partial charge in [-0.05, 0) is 19.8 Å².